The molecule has 0 spiro atoms. The van der Waals surface area contributed by atoms with Crippen LogP contribution in [0.25, 0.3) is 0 Å². The molecule has 0 aliphatic heterocycles. The van der Waals surface area contributed by atoms with Gasteiger partial charge in [0.15, 0.2) is 11.5 Å². The molecule has 2 aromatic rings. The maximum Gasteiger partial charge on any atom is 0.253 e. The van der Waals surface area contributed by atoms with E-state index in [4.69, 9.17) is 9.47 Å². The molecule has 0 fully saturated rings. The maximum atomic E-state index is 12.9. The Morgan fingerprint density at radius 2 is 1.60 bits per heavy atom. The molecule has 2 rings (SSSR count). The largest absolute Gasteiger partial charge is 0.496 e. The normalized spacial score (nSPS) is 11.6. The molecule has 10 nitrogen and oxygen atoms in total. The summed E-state index contributed by atoms with van der Waals surface area (Å²) in [5.74, 6) is 1.76. The Bertz CT molecular complexity index is 1110. The molecule has 0 N–H and O–H groups in total. The van der Waals surface area contributed by atoms with Crippen LogP contribution in [0.4, 0.5) is 11.8 Å². The van der Waals surface area contributed by atoms with Gasteiger partial charge in [0.25, 0.3) is 5.95 Å². The van der Waals surface area contributed by atoms with E-state index in [1.54, 1.807) is 46.8 Å². The van der Waals surface area contributed by atoms with Gasteiger partial charge in [0.2, 0.25) is 5.82 Å². The third-order valence-corrected chi connectivity index (χ3v) is 4.50. The van der Waals surface area contributed by atoms with Crippen molar-refractivity contribution >= 4 is 30.2 Å². The number of methoxy groups -OCH3 is 1. The number of ketones is 1. The Kier molecular flexibility index (Phi) is 9.74. The van der Waals surface area contributed by atoms with Gasteiger partial charge >= 0.3 is 0 Å². The van der Waals surface area contributed by atoms with E-state index in [1.165, 1.54) is 12.3 Å². The highest BCUT2D eigenvalue weighted by Gasteiger charge is 2.20. The Hall–Kier alpha value is -3.95. The molecule has 1 heterocycles. The van der Waals surface area contributed by atoms with Gasteiger partial charge in [-0.3, -0.25) is 4.79 Å². The molecule has 0 aliphatic rings. The van der Waals surface area contributed by atoms with Crippen LogP contribution < -0.4 is 9.47 Å². The summed E-state index contributed by atoms with van der Waals surface area (Å²) >= 11 is 0. The molecule has 188 valence electrons. The third-order valence-electron chi connectivity index (χ3n) is 4.50. The first-order valence-electron chi connectivity index (χ1n) is 11.1. The lowest BCUT2D eigenvalue weighted by Crippen LogP contribution is -2.08. The van der Waals surface area contributed by atoms with Crippen LogP contribution in [0.2, 0.25) is 0 Å². The lowest BCUT2D eigenvalue weighted by atomic mass is 9.97. The quantitative estimate of drug-likeness (QED) is 0.205. The van der Waals surface area contributed by atoms with E-state index in [0.29, 0.717) is 28.6 Å². The van der Waals surface area contributed by atoms with E-state index < -0.39 is 0 Å². The number of aliphatic imine (C=N–C) groups is 2. The minimum Gasteiger partial charge on any atom is -0.496 e. The number of hydrogen-bond donors (Lipinski definition) is 0. The van der Waals surface area contributed by atoms with Crippen molar-refractivity contribution in [3.8, 4) is 17.2 Å². The zero-order valence-corrected chi connectivity index (χ0v) is 22.0. The first kappa shape index (κ1) is 27.3. The second kappa shape index (κ2) is 12.5. The molecule has 0 saturated carbocycles. The van der Waals surface area contributed by atoms with Gasteiger partial charge in [0.1, 0.15) is 11.5 Å². The van der Waals surface area contributed by atoms with E-state index in [1.807, 2.05) is 62.2 Å². The smallest absolute Gasteiger partial charge is 0.253 e. The summed E-state index contributed by atoms with van der Waals surface area (Å²) in [6.45, 7) is 4.07. The Labute approximate surface area is 207 Å². The summed E-state index contributed by atoms with van der Waals surface area (Å²) in [7, 11) is 12.7. The second-order valence-corrected chi connectivity index (χ2v) is 8.76. The van der Waals surface area contributed by atoms with Crippen LogP contribution in [-0.2, 0) is 0 Å². The number of carbonyl (C=O) groups is 1. The first-order chi connectivity index (χ1) is 16.5. The van der Waals surface area contributed by atoms with E-state index in [2.05, 4.69) is 20.0 Å². The number of benzene rings is 1. The summed E-state index contributed by atoms with van der Waals surface area (Å²) in [5, 5.41) is 0. The molecule has 0 atom stereocenters. The van der Waals surface area contributed by atoms with E-state index in [0.717, 1.165) is 5.56 Å². The Balaban J connectivity index is 2.60. The van der Waals surface area contributed by atoms with Crippen molar-refractivity contribution in [1.29, 1.82) is 0 Å². The monoisotopic (exact) mass is 481 g/mol. The molecular formula is C25H35N7O3. The van der Waals surface area contributed by atoms with Gasteiger partial charge in [-0.15, -0.1) is 0 Å². The van der Waals surface area contributed by atoms with Crippen LogP contribution in [-0.4, -0.2) is 92.5 Å². The molecule has 0 aliphatic carbocycles. The van der Waals surface area contributed by atoms with E-state index in [9.17, 15) is 4.79 Å². The number of nitrogens with zero attached hydrogens (tertiary/aromatic N) is 7. The highest BCUT2D eigenvalue weighted by molar-refractivity contribution is 6.07. The zero-order chi connectivity index (χ0) is 26.1. The number of ether oxygens (including phenoxy) is 2. The first-order valence-corrected chi connectivity index (χ1v) is 11.1. The van der Waals surface area contributed by atoms with Gasteiger partial charge in [0.05, 0.1) is 31.5 Å². The summed E-state index contributed by atoms with van der Waals surface area (Å²) in [6.07, 6.45) is 7.93. The van der Waals surface area contributed by atoms with Gasteiger partial charge in [-0.05, 0) is 18.1 Å². The van der Waals surface area contributed by atoms with E-state index >= 15 is 0 Å². The minimum atomic E-state index is -0.203. The molecule has 0 amide bonds. The van der Waals surface area contributed by atoms with Crippen molar-refractivity contribution < 1.29 is 14.3 Å². The Morgan fingerprint density at radius 1 is 0.943 bits per heavy atom. The molecule has 0 radical (unpaired) electrons. The van der Waals surface area contributed by atoms with Gasteiger partial charge in [-0.25, -0.2) is 15.0 Å². The number of hydrogen-bond acceptors (Lipinski definition) is 8. The minimum absolute atomic E-state index is 0.0963. The van der Waals surface area contributed by atoms with Gasteiger partial charge in [-0.2, -0.15) is 4.98 Å². The summed E-state index contributed by atoms with van der Waals surface area (Å²) in [4.78, 5) is 35.7. The molecule has 0 saturated heterocycles. The predicted octanol–water partition coefficient (Wildman–Crippen LogP) is 4.10. The van der Waals surface area contributed by atoms with Crippen molar-refractivity contribution in [2.24, 2.45) is 9.98 Å². The maximum absolute atomic E-state index is 12.9. The predicted molar refractivity (Wildman–Crippen MR) is 140 cm³/mol. The van der Waals surface area contributed by atoms with Crippen LogP contribution in [0, 0.1) is 0 Å². The summed E-state index contributed by atoms with van der Waals surface area (Å²) in [5.41, 5.74) is 1.25. The van der Waals surface area contributed by atoms with Crippen molar-refractivity contribution in [3.63, 3.8) is 0 Å². The molecule has 1 aromatic heterocycles. The van der Waals surface area contributed by atoms with Gasteiger partial charge < -0.3 is 24.2 Å². The number of aromatic nitrogens is 2. The Morgan fingerprint density at radius 3 is 2.17 bits per heavy atom. The average molecular weight is 482 g/mol. The van der Waals surface area contributed by atoms with Crippen molar-refractivity contribution in [1.82, 2.24) is 24.7 Å². The standard InChI is InChI=1S/C25H35N7O3/c1-17(2)18-12-21(34-9)19(20(33)10-11-30(3)4)13-22(18)35-23-14-26-25(28-16-32(7)8)29-24(23)27-15-31(5)6/h10-17H,1-9H3/b11-10+,27-15-,28-16-. The topological polar surface area (TPSA) is 95.7 Å². The highest BCUT2D eigenvalue weighted by Crippen LogP contribution is 2.39. The number of allylic oxidation sites excluding steroid dienone is 1. The number of rotatable bonds is 11. The van der Waals surface area contributed by atoms with Gasteiger partial charge in [0, 0.05) is 60.1 Å². The van der Waals surface area contributed by atoms with Crippen LogP contribution in [0.3, 0.4) is 0 Å². The zero-order valence-electron chi connectivity index (χ0n) is 22.0. The fourth-order valence-electron chi connectivity index (χ4n) is 2.82. The molecule has 0 unspecified atom stereocenters. The van der Waals surface area contributed by atoms with Crippen LogP contribution >= 0.6 is 0 Å². The van der Waals surface area contributed by atoms with Crippen LogP contribution in [0.15, 0.2) is 40.6 Å². The fourth-order valence-corrected chi connectivity index (χ4v) is 2.82. The van der Waals surface area contributed by atoms with Gasteiger partial charge in [-0.1, -0.05) is 13.8 Å². The SMILES string of the molecule is COc1cc(C(C)C)c(Oc2cnc(/N=C\N(C)C)nc2/N=C\N(C)C)cc1C(=O)/C=C/N(C)C. The second-order valence-electron chi connectivity index (χ2n) is 8.76. The molecule has 1 aromatic carbocycles. The fraction of sp³-hybridized carbons (Fsp3) is 0.400. The average Bonchev–Trinajstić information content (AvgIpc) is 2.80. The molecular weight excluding hydrogens is 446 g/mol. The van der Waals surface area contributed by atoms with Crippen LogP contribution in [0.1, 0.15) is 35.7 Å². The summed E-state index contributed by atoms with van der Waals surface area (Å²) < 4.78 is 11.8. The molecule has 10 heteroatoms. The third kappa shape index (κ3) is 8.09. The summed E-state index contributed by atoms with van der Waals surface area (Å²) in [6, 6.07) is 3.52. The lowest BCUT2D eigenvalue weighted by Gasteiger charge is -2.18. The van der Waals surface area contributed by atoms with Crippen molar-refractivity contribution in [2.75, 3.05) is 49.4 Å². The van der Waals surface area contributed by atoms with Crippen molar-refractivity contribution in [3.05, 3.63) is 41.7 Å². The molecule has 35 heavy (non-hydrogen) atoms. The lowest BCUT2D eigenvalue weighted by molar-refractivity contribution is 0.104. The number of carbonyl (C=O) groups excluding carboxylic acids is 1. The van der Waals surface area contributed by atoms with Crippen LogP contribution in [0.5, 0.6) is 17.2 Å². The van der Waals surface area contributed by atoms with Crippen molar-refractivity contribution in [2.45, 2.75) is 19.8 Å². The highest BCUT2D eigenvalue weighted by atomic mass is 16.5. The van der Waals surface area contributed by atoms with E-state index in [-0.39, 0.29) is 17.6 Å². The molecule has 0 bridgehead atoms.